The lowest BCUT2D eigenvalue weighted by molar-refractivity contribution is -0.123. The van der Waals surface area contributed by atoms with Gasteiger partial charge in [-0.2, -0.15) is 11.3 Å². The van der Waals surface area contributed by atoms with Crippen molar-refractivity contribution in [3.63, 3.8) is 0 Å². The number of carboxylic acid groups (broad SMARTS) is 1. The number of ether oxygens (including phenoxy) is 1. The number of aryl methyl sites for hydroxylation is 1. The van der Waals surface area contributed by atoms with Gasteiger partial charge in [0.25, 0.3) is 6.47 Å². The number of carbonyl (C=O) groups is 2. The van der Waals surface area contributed by atoms with Crippen LogP contribution < -0.4 is 5.32 Å². The highest BCUT2D eigenvalue weighted by Crippen LogP contribution is 2.54. The Morgan fingerprint density at radius 2 is 2.28 bits per heavy atom. The maximum atomic E-state index is 12.3. The molecule has 7 heteroatoms. The minimum absolute atomic E-state index is 0.0617. The van der Waals surface area contributed by atoms with Gasteiger partial charge in [-0.15, -0.1) is 0 Å². The zero-order valence-corrected chi connectivity index (χ0v) is 18.1. The number of nitrogens with one attached hydrogen (secondary N) is 1. The molecule has 4 heterocycles. The van der Waals surface area contributed by atoms with Crippen molar-refractivity contribution in [2.75, 3.05) is 26.2 Å². The quantitative estimate of drug-likeness (QED) is 0.524. The first-order valence-corrected chi connectivity index (χ1v) is 11.3. The maximum absolute atomic E-state index is 12.3. The molecule has 4 rings (SSSR count). The van der Waals surface area contributed by atoms with Crippen molar-refractivity contribution in [2.24, 2.45) is 11.8 Å². The second-order valence-electron chi connectivity index (χ2n) is 8.55. The minimum atomic E-state index is -0.250. The largest absolute Gasteiger partial charge is 0.483 e. The van der Waals surface area contributed by atoms with Gasteiger partial charge in [0.2, 0.25) is 5.91 Å². The van der Waals surface area contributed by atoms with E-state index in [4.69, 9.17) is 14.6 Å². The summed E-state index contributed by atoms with van der Waals surface area (Å²) in [7, 11) is 0. The molecule has 160 valence electrons. The van der Waals surface area contributed by atoms with Crippen LogP contribution in [0.1, 0.15) is 38.7 Å². The summed E-state index contributed by atoms with van der Waals surface area (Å²) in [5.41, 5.74) is 2.70. The monoisotopic (exact) mass is 420 g/mol. The van der Waals surface area contributed by atoms with Crippen LogP contribution in [0.5, 0.6) is 0 Å². The van der Waals surface area contributed by atoms with E-state index in [9.17, 15) is 4.79 Å². The molecule has 3 aliphatic rings. The van der Waals surface area contributed by atoms with Gasteiger partial charge in [-0.3, -0.25) is 14.5 Å². The normalized spacial score (nSPS) is 29.7. The van der Waals surface area contributed by atoms with E-state index in [1.165, 1.54) is 17.6 Å². The van der Waals surface area contributed by atoms with Crippen LogP contribution in [0.4, 0.5) is 0 Å². The van der Waals surface area contributed by atoms with Gasteiger partial charge >= 0.3 is 0 Å². The molecule has 3 aliphatic heterocycles. The van der Waals surface area contributed by atoms with Gasteiger partial charge in [-0.05, 0) is 55.5 Å². The second-order valence-corrected chi connectivity index (χ2v) is 9.33. The molecule has 2 N–H and O–H groups in total. The Hall–Kier alpha value is -1.70. The van der Waals surface area contributed by atoms with Gasteiger partial charge in [-0.1, -0.05) is 11.6 Å². The molecular weight excluding hydrogens is 388 g/mol. The molecule has 0 saturated carbocycles. The Morgan fingerprint density at radius 3 is 2.97 bits per heavy atom. The summed E-state index contributed by atoms with van der Waals surface area (Å²) in [6.45, 7) is 8.03. The number of fused-ring (bicyclic) bond motifs is 1. The van der Waals surface area contributed by atoms with Crippen LogP contribution in [0.25, 0.3) is 0 Å². The SMILES string of the molecule is CC(C)=CCN1C[C@@H]2[C@H](CNC(=O)CCc3ccsc3)[C@H]3CC[C@]2(C1)O3.O=CO. The summed E-state index contributed by atoms with van der Waals surface area (Å²) in [6.07, 6.45) is 6.42. The second kappa shape index (κ2) is 9.87. The molecule has 1 aromatic heterocycles. The standard InChI is InChI=1S/C21H30N2O2S.CH2O2/c1-15(2)6-9-23-12-18-17(19-5-8-21(18,14-23)25-19)11-22-20(24)4-3-16-7-10-26-13-16;2-1-3/h6-7,10,13,17-19H,3-5,8-9,11-12,14H2,1-2H3,(H,22,24);1H,(H,2,3)/t17-,18+,19+,21+;/m0./s1. The van der Waals surface area contributed by atoms with E-state index >= 15 is 0 Å². The summed E-state index contributed by atoms with van der Waals surface area (Å²) >= 11 is 1.69. The average molecular weight is 421 g/mol. The molecule has 0 aliphatic carbocycles. The number of nitrogens with zero attached hydrogens (tertiary/aromatic N) is 1. The number of carbonyl (C=O) groups excluding carboxylic acids is 1. The summed E-state index contributed by atoms with van der Waals surface area (Å²) in [4.78, 5) is 23.2. The molecule has 2 bridgehead atoms. The van der Waals surface area contributed by atoms with E-state index in [1.807, 2.05) is 0 Å². The van der Waals surface area contributed by atoms with Crippen molar-refractivity contribution in [1.82, 2.24) is 10.2 Å². The Labute approximate surface area is 176 Å². The van der Waals surface area contributed by atoms with Crippen LogP contribution in [-0.2, 0) is 20.7 Å². The van der Waals surface area contributed by atoms with Crippen molar-refractivity contribution in [3.8, 4) is 0 Å². The number of thiophene rings is 1. The Morgan fingerprint density at radius 1 is 1.48 bits per heavy atom. The number of hydrogen-bond donors (Lipinski definition) is 2. The topological polar surface area (TPSA) is 78.9 Å². The van der Waals surface area contributed by atoms with E-state index < -0.39 is 0 Å². The highest BCUT2D eigenvalue weighted by Gasteiger charge is 2.62. The smallest absolute Gasteiger partial charge is 0.290 e. The summed E-state index contributed by atoms with van der Waals surface area (Å²) < 4.78 is 6.47. The van der Waals surface area contributed by atoms with Crippen molar-refractivity contribution in [3.05, 3.63) is 34.0 Å². The van der Waals surface area contributed by atoms with Crippen LogP contribution in [0.15, 0.2) is 28.5 Å². The van der Waals surface area contributed by atoms with Crippen LogP contribution in [-0.4, -0.2) is 60.3 Å². The molecule has 1 spiro atoms. The van der Waals surface area contributed by atoms with Crippen molar-refractivity contribution in [1.29, 1.82) is 0 Å². The lowest BCUT2D eigenvalue weighted by atomic mass is 9.73. The van der Waals surface area contributed by atoms with Gasteiger partial charge in [0, 0.05) is 44.4 Å². The van der Waals surface area contributed by atoms with E-state index in [2.05, 4.69) is 47.0 Å². The zero-order valence-electron chi connectivity index (χ0n) is 17.3. The molecule has 0 radical (unpaired) electrons. The van der Waals surface area contributed by atoms with Crippen molar-refractivity contribution < 1.29 is 19.4 Å². The molecule has 29 heavy (non-hydrogen) atoms. The third kappa shape index (κ3) is 5.27. The fraction of sp³-hybridized carbons (Fsp3) is 0.636. The fourth-order valence-electron chi connectivity index (χ4n) is 5.02. The number of likely N-dealkylation sites (tertiary alicyclic amines) is 1. The number of hydrogen-bond acceptors (Lipinski definition) is 5. The Bertz CT molecular complexity index is 716. The molecule has 0 aromatic carbocycles. The summed E-state index contributed by atoms with van der Waals surface area (Å²) in [5, 5.41) is 14.3. The minimum Gasteiger partial charge on any atom is -0.483 e. The van der Waals surface area contributed by atoms with Crippen molar-refractivity contribution >= 4 is 23.7 Å². The summed E-state index contributed by atoms with van der Waals surface area (Å²) in [6, 6.07) is 2.10. The van der Waals surface area contributed by atoms with Crippen molar-refractivity contribution in [2.45, 2.75) is 51.2 Å². The van der Waals surface area contributed by atoms with E-state index in [1.54, 1.807) is 11.3 Å². The van der Waals surface area contributed by atoms with Crippen LogP contribution >= 0.6 is 11.3 Å². The third-order valence-electron chi connectivity index (χ3n) is 6.37. The number of allylic oxidation sites excluding steroid dienone is 1. The highest BCUT2D eigenvalue weighted by molar-refractivity contribution is 7.07. The molecule has 6 nitrogen and oxygen atoms in total. The molecule has 3 saturated heterocycles. The number of amides is 1. The molecule has 3 fully saturated rings. The Balaban J connectivity index is 0.000000755. The first kappa shape index (κ1) is 22.0. The molecule has 1 amide bonds. The third-order valence-corrected chi connectivity index (χ3v) is 7.10. The Kier molecular flexibility index (Phi) is 7.49. The van der Waals surface area contributed by atoms with Gasteiger partial charge in [-0.25, -0.2) is 0 Å². The maximum Gasteiger partial charge on any atom is 0.290 e. The van der Waals surface area contributed by atoms with E-state index in [-0.39, 0.29) is 18.0 Å². The first-order valence-electron chi connectivity index (χ1n) is 10.4. The van der Waals surface area contributed by atoms with Crippen LogP contribution in [0.2, 0.25) is 0 Å². The first-order chi connectivity index (χ1) is 14.0. The predicted octanol–water partition coefficient (Wildman–Crippen LogP) is 2.94. The van der Waals surface area contributed by atoms with Crippen LogP contribution in [0, 0.1) is 11.8 Å². The lowest BCUT2D eigenvalue weighted by Gasteiger charge is -2.29. The fourth-order valence-corrected chi connectivity index (χ4v) is 5.73. The molecular formula is C22H32N2O4S. The van der Waals surface area contributed by atoms with Gasteiger partial charge in [0.1, 0.15) is 0 Å². The van der Waals surface area contributed by atoms with Gasteiger partial charge in [0.05, 0.1) is 11.7 Å². The average Bonchev–Trinajstić information content (AvgIpc) is 3.44. The lowest BCUT2D eigenvalue weighted by Crippen LogP contribution is -2.41. The number of rotatable bonds is 7. The molecule has 1 aromatic rings. The van der Waals surface area contributed by atoms with E-state index in [0.717, 1.165) is 39.0 Å². The van der Waals surface area contributed by atoms with Crippen LogP contribution in [0.3, 0.4) is 0 Å². The summed E-state index contributed by atoms with van der Waals surface area (Å²) in [5.74, 6) is 1.22. The highest BCUT2D eigenvalue weighted by atomic mass is 32.1. The predicted molar refractivity (Wildman–Crippen MR) is 114 cm³/mol. The van der Waals surface area contributed by atoms with Gasteiger partial charge < -0.3 is 15.2 Å². The molecule has 4 atom stereocenters. The zero-order chi connectivity index (χ0) is 20.9. The molecule has 0 unspecified atom stereocenters. The van der Waals surface area contributed by atoms with E-state index in [0.29, 0.717) is 24.4 Å². The van der Waals surface area contributed by atoms with Gasteiger partial charge in [0.15, 0.2) is 0 Å².